The second kappa shape index (κ2) is 10.1. The van der Waals surface area contributed by atoms with Crippen molar-refractivity contribution in [3.05, 3.63) is 88.5 Å². The molecule has 3 aromatic rings. The Labute approximate surface area is 200 Å². The van der Waals surface area contributed by atoms with Gasteiger partial charge in [0.25, 0.3) is 15.9 Å². The molecule has 1 unspecified atom stereocenters. The lowest BCUT2D eigenvalue weighted by molar-refractivity contribution is -0.123. The van der Waals surface area contributed by atoms with Crippen LogP contribution in [0, 0.1) is 27.7 Å². The van der Waals surface area contributed by atoms with Crippen molar-refractivity contribution < 1.29 is 22.7 Å². The van der Waals surface area contributed by atoms with Gasteiger partial charge in [0.2, 0.25) is 0 Å². The van der Waals surface area contributed by atoms with Crippen LogP contribution in [-0.4, -0.2) is 26.4 Å². The van der Waals surface area contributed by atoms with Crippen molar-refractivity contribution in [2.75, 3.05) is 10.0 Å². The predicted octanol–water partition coefficient (Wildman–Crippen LogP) is 4.91. The number of hydrogen-bond donors (Lipinski definition) is 2. The molecule has 0 radical (unpaired) electrons. The molecule has 0 fully saturated rings. The van der Waals surface area contributed by atoms with Crippen LogP contribution in [0.3, 0.4) is 0 Å². The van der Waals surface area contributed by atoms with Gasteiger partial charge in [-0.25, -0.2) is 13.2 Å². The molecule has 178 valence electrons. The Morgan fingerprint density at radius 2 is 1.38 bits per heavy atom. The molecular formula is C26H28N2O5S. The molecule has 0 spiro atoms. The van der Waals surface area contributed by atoms with Gasteiger partial charge in [0, 0.05) is 11.4 Å². The third kappa shape index (κ3) is 6.02. The fraction of sp³-hybridized carbons (Fsp3) is 0.231. The summed E-state index contributed by atoms with van der Waals surface area (Å²) < 4.78 is 33.0. The molecule has 34 heavy (non-hydrogen) atoms. The molecule has 2 N–H and O–H groups in total. The van der Waals surface area contributed by atoms with Crippen LogP contribution in [0.15, 0.2) is 65.6 Å². The molecule has 7 nitrogen and oxygen atoms in total. The molecule has 1 amide bonds. The first-order valence-electron chi connectivity index (χ1n) is 10.8. The number of hydrogen-bond acceptors (Lipinski definition) is 5. The standard InChI is InChI=1S/C26H28N2O5S/c1-16-6-10-22(11-7-16)28-34(31,32)23-12-8-21(9-13-23)26(30)33-20(5)25(29)27-24-18(3)14-17(2)15-19(24)4/h6-15,20,28H,1-5H3,(H,27,29). The molecule has 3 aromatic carbocycles. The fourth-order valence-corrected chi connectivity index (χ4v) is 4.55. The number of rotatable bonds is 7. The second-order valence-corrected chi connectivity index (χ2v) is 9.99. The maximum atomic E-state index is 12.6. The normalized spacial score (nSPS) is 12.0. The summed E-state index contributed by atoms with van der Waals surface area (Å²) in [5.41, 5.74) is 5.20. The van der Waals surface area contributed by atoms with Crippen molar-refractivity contribution in [3.8, 4) is 0 Å². The molecule has 0 aliphatic rings. The van der Waals surface area contributed by atoms with E-state index in [9.17, 15) is 18.0 Å². The summed E-state index contributed by atoms with van der Waals surface area (Å²) >= 11 is 0. The fourth-order valence-electron chi connectivity index (χ4n) is 3.49. The summed E-state index contributed by atoms with van der Waals surface area (Å²) in [6, 6.07) is 16.2. The molecule has 3 rings (SSSR count). The number of anilines is 2. The highest BCUT2D eigenvalue weighted by molar-refractivity contribution is 7.92. The van der Waals surface area contributed by atoms with Crippen LogP contribution in [0.2, 0.25) is 0 Å². The van der Waals surface area contributed by atoms with E-state index in [1.54, 1.807) is 24.3 Å². The number of aryl methyl sites for hydroxylation is 4. The lowest BCUT2D eigenvalue weighted by Gasteiger charge is -2.17. The lowest BCUT2D eigenvalue weighted by atomic mass is 10.0. The smallest absolute Gasteiger partial charge is 0.338 e. The molecule has 0 saturated heterocycles. The summed E-state index contributed by atoms with van der Waals surface area (Å²) in [7, 11) is -3.82. The van der Waals surface area contributed by atoms with E-state index in [4.69, 9.17) is 4.74 Å². The Hall–Kier alpha value is -3.65. The Kier molecular flexibility index (Phi) is 7.41. The number of sulfonamides is 1. The van der Waals surface area contributed by atoms with E-state index in [-0.39, 0.29) is 10.5 Å². The van der Waals surface area contributed by atoms with Gasteiger partial charge in [0.15, 0.2) is 6.10 Å². The minimum Gasteiger partial charge on any atom is -0.449 e. The maximum absolute atomic E-state index is 12.6. The molecule has 8 heteroatoms. The SMILES string of the molecule is Cc1ccc(NS(=O)(=O)c2ccc(C(=O)OC(C)C(=O)Nc3c(C)cc(C)cc3C)cc2)cc1. The number of nitrogens with one attached hydrogen (secondary N) is 2. The van der Waals surface area contributed by atoms with E-state index in [0.717, 1.165) is 22.3 Å². The van der Waals surface area contributed by atoms with Crippen molar-refractivity contribution in [1.29, 1.82) is 0 Å². The monoisotopic (exact) mass is 480 g/mol. The average Bonchev–Trinajstić information content (AvgIpc) is 2.77. The van der Waals surface area contributed by atoms with E-state index >= 15 is 0 Å². The molecule has 0 heterocycles. The minimum atomic E-state index is -3.82. The molecule has 0 saturated carbocycles. The van der Waals surface area contributed by atoms with Crippen molar-refractivity contribution in [2.45, 2.75) is 45.6 Å². The average molecular weight is 481 g/mol. The van der Waals surface area contributed by atoms with Crippen LogP contribution in [0.5, 0.6) is 0 Å². The molecule has 0 aromatic heterocycles. The van der Waals surface area contributed by atoms with Gasteiger partial charge >= 0.3 is 5.97 Å². The van der Waals surface area contributed by atoms with Gasteiger partial charge < -0.3 is 10.1 Å². The second-order valence-electron chi connectivity index (χ2n) is 8.31. The molecule has 1 atom stereocenters. The first-order chi connectivity index (χ1) is 16.0. The number of carbonyl (C=O) groups is 2. The largest absolute Gasteiger partial charge is 0.449 e. The summed E-state index contributed by atoms with van der Waals surface area (Å²) in [4.78, 5) is 25.1. The Morgan fingerprint density at radius 3 is 1.94 bits per heavy atom. The van der Waals surface area contributed by atoms with E-state index < -0.39 is 28.0 Å². The lowest BCUT2D eigenvalue weighted by Crippen LogP contribution is -2.30. The van der Waals surface area contributed by atoms with Crippen molar-refractivity contribution in [2.24, 2.45) is 0 Å². The van der Waals surface area contributed by atoms with Gasteiger partial charge in [-0.15, -0.1) is 0 Å². The number of esters is 1. The maximum Gasteiger partial charge on any atom is 0.338 e. The third-order valence-electron chi connectivity index (χ3n) is 5.28. The van der Waals surface area contributed by atoms with E-state index in [1.807, 2.05) is 39.8 Å². The van der Waals surface area contributed by atoms with Crippen LogP contribution >= 0.6 is 0 Å². The van der Waals surface area contributed by atoms with Crippen LogP contribution < -0.4 is 10.0 Å². The van der Waals surface area contributed by atoms with E-state index in [1.165, 1.54) is 31.2 Å². The summed E-state index contributed by atoms with van der Waals surface area (Å²) in [6.07, 6.45) is -1.04. The topological polar surface area (TPSA) is 102 Å². The highest BCUT2D eigenvalue weighted by Gasteiger charge is 2.21. The van der Waals surface area contributed by atoms with Crippen molar-refractivity contribution in [1.82, 2.24) is 0 Å². The molecule has 0 aliphatic heterocycles. The molecular weight excluding hydrogens is 452 g/mol. The van der Waals surface area contributed by atoms with Crippen molar-refractivity contribution in [3.63, 3.8) is 0 Å². The summed E-state index contributed by atoms with van der Waals surface area (Å²) in [6.45, 7) is 9.16. The zero-order valence-electron chi connectivity index (χ0n) is 19.8. The quantitative estimate of drug-likeness (QED) is 0.468. The Balaban J connectivity index is 1.65. The third-order valence-corrected chi connectivity index (χ3v) is 6.68. The van der Waals surface area contributed by atoms with Gasteiger partial charge in [-0.3, -0.25) is 9.52 Å². The number of carbonyl (C=O) groups excluding carboxylic acids is 2. The highest BCUT2D eigenvalue weighted by Crippen LogP contribution is 2.22. The predicted molar refractivity (Wildman–Crippen MR) is 133 cm³/mol. The Morgan fingerprint density at radius 1 is 0.824 bits per heavy atom. The van der Waals surface area contributed by atoms with Gasteiger partial charge in [0.05, 0.1) is 10.5 Å². The highest BCUT2D eigenvalue weighted by atomic mass is 32.2. The van der Waals surface area contributed by atoms with Gasteiger partial charge in [-0.05, 0) is 82.1 Å². The zero-order chi connectivity index (χ0) is 25.0. The minimum absolute atomic E-state index is 0.000683. The zero-order valence-corrected chi connectivity index (χ0v) is 20.6. The number of amides is 1. The van der Waals surface area contributed by atoms with Crippen molar-refractivity contribution >= 4 is 33.3 Å². The van der Waals surface area contributed by atoms with Gasteiger partial charge in [-0.2, -0.15) is 0 Å². The summed E-state index contributed by atoms with van der Waals surface area (Å²) in [5.74, 6) is -1.18. The first-order valence-corrected chi connectivity index (χ1v) is 12.2. The Bertz CT molecular complexity index is 1290. The molecule has 0 aliphatic carbocycles. The van der Waals surface area contributed by atoms with Gasteiger partial charge in [-0.1, -0.05) is 35.4 Å². The van der Waals surface area contributed by atoms with E-state index in [2.05, 4.69) is 10.0 Å². The number of ether oxygens (including phenoxy) is 1. The molecule has 0 bridgehead atoms. The van der Waals surface area contributed by atoms with Crippen LogP contribution in [0.1, 0.15) is 39.5 Å². The van der Waals surface area contributed by atoms with Gasteiger partial charge in [0.1, 0.15) is 0 Å². The first kappa shape index (κ1) is 25.0. The van der Waals surface area contributed by atoms with Crippen LogP contribution in [0.25, 0.3) is 0 Å². The summed E-state index contributed by atoms with van der Waals surface area (Å²) in [5, 5.41) is 2.81. The van der Waals surface area contributed by atoms with Crippen LogP contribution in [-0.2, 0) is 19.6 Å². The number of benzene rings is 3. The van der Waals surface area contributed by atoms with E-state index in [0.29, 0.717) is 11.4 Å². The van der Waals surface area contributed by atoms with Crippen LogP contribution in [0.4, 0.5) is 11.4 Å².